The molecule has 1 aliphatic rings. The zero-order valence-electron chi connectivity index (χ0n) is 15.9. The van der Waals surface area contributed by atoms with Gasteiger partial charge in [0.1, 0.15) is 0 Å². The van der Waals surface area contributed by atoms with Gasteiger partial charge in [-0.2, -0.15) is 0 Å². The smallest absolute Gasteiger partial charge is 0.0565 e. The Morgan fingerprint density at radius 3 is 2.28 bits per heavy atom. The van der Waals surface area contributed by atoms with Crippen molar-refractivity contribution in [3.05, 3.63) is 77.9 Å². The lowest BCUT2D eigenvalue weighted by atomic mass is 9.80. The van der Waals surface area contributed by atoms with Gasteiger partial charge in [0.15, 0.2) is 0 Å². The third-order valence-corrected chi connectivity index (χ3v) is 5.24. The van der Waals surface area contributed by atoms with Gasteiger partial charge in [-0.15, -0.1) is 0 Å². The van der Waals surface area contributed by atoms with Crippen LogP contribution in [-0.2, 0) is 5.41 Å². The van der Waals surface area contributed by atoms with Crippen LogP contribution in [0.1, 0.15) is 25.0 Å². The Morgan fingerprint density at radius 2 is 1.64 bits per heavy atom. The minimum atomic E-state index is 0.114. The molecule has 0 amide bonds. The molecule has 3 rings (SSSR count). The van der Waals surface area contributed by atoms with Crippen molar-refractivity contribution in [1.29, 1.82) is 0 Å². The van der Waals surface area contributed by atoms with E-state index < -0.39 is 0 Å². The molecule has 0 fully saturated rings. The molecule has 0 saturated heterocycles. The minimum Gasteiger partial charge on any atom is -0.378 e. The molecule has 1 aliphatic heterocycles. The van der Waals surface area contributed by atoms with Crippen LogP contribution in [0.5, 0.6) is 0 Å². The van der Waals surface area contributed by atoms with Crippen molar-refractivity contribution in [3.8, 4) is 0 Å². The number of anilines is 2. The van der Waals surface area contributed by atoms with Crippen molar-refractivity contribution in [3.63, 3.8) is 0 Å². The van der Waals surface area contributed by atoms with Gasteiger partial charge in [0, 0.05) is 37.9 Å². The molecule has 1 heterocycles. The molecule has 0 aromatic heterocycles. The van der Waals surface area contributed by atoms with Gasteiger partial charge in [0.25, 0.3) is 0 Å². The predicted octanol–water partition coefficient (Wildman–Crippen LogP) is 5.12. The zero-order chi connectivity index (χ0) is 18.0. The van der Waals surface area contributed by atoms with Crippen LogP contribution in [0.15, 0.2) is 66.8 Å². The lowest BCUT2D eigenvalue weighted by Gasteiger charge is -2.29. The SMILES string of the molecule is CN(C)c1ccc(C=CC=CC2N(C)c3ccccc3C2(C)C)cc1. The van der Waals surface area contributed by atoms with E-state index in [1.807, 2.05) is 0 Å². The standard InChI is InChI=1S/C23H28N2/c1-23(2)20-11-7-8-12-21(20)25(5)22(23)13-9-6-10-18-14-16-19(17-15-18)24(3)4/h6-17,22H,1-5H3. The molecular formula is C23H28N2. The van der Waals surface area contributed by atoms with Crippen LogP contribution in [0.25, 0.3) is 6.08 Å². The fraction of sp³-hybridized carbons (Fsp3) is 0.304. The number of rotatable bonds is 4. The number of nitrogens with zero attached hydrogens (tertiary/aromatic N) is 2. The van der Waals surface area contributed by atoms with Crippen LogP contribution in [-0.4, -0.2) is 27.2 Å². The molecule has 2 heteroatoms. The molecular weight excluding hydrogens is 304 g/mol. The number of likely N-dealkylation sites (N-methyl/N-ethyl adjacent to an activating group) is 1. The fourth-order valence-electron chi connectivity index (χ4n) is 3.71. The quantitative estimate of drug-likeness (QED) is 0.717. The average molecular weight is 332 g/mol. The van der Waals surface area contributed by atoms with Gasteiger partial charge in [-0.25, -0.2) is 0 Å². The Hall–Kier alpha value is -2.48. The maximum atomic E-state index is 2.38. The summed E-state index contributed by atoms with van der Waals surface area (Å²) in [6.07, 6.45) is 8.78. The monoisotopic (exact) mass is 332 g/mol. The molecule has 130 valence electrons. The highest BCUT2D eigenvalue weighted by Crippen LogP contribution is 2.44. The molecule has 0 radical (unpaired) electrons. The molecule has 0 bridgehead atoms. The van der Waals surface area contributed by atoms with Crippen molar-refractivity contribution in [2.24, 2.45) is 0 Å². The van der Waals surface area contributed by atoms with E-state index in [2.05, 4.69) is 118 Å². The van der Waals surface area contributed by atoms with Gasteiger partial charge in [-0.05, 0) is 29.3 Å². The van der Waals surface area contributed by atoms with Crippen LogP contribution < -0.4 is 9.80 Å². The number of hydrogen-bond donors (Lipinski definition) is 0. The maximum absolute atomic E-state index is 2.38. The first-order chi connectivity index (χ1) is 11.9. The van der Waals surface area contributed by atoms with Crippen LogP contribution in [0.4, 0.5) is 11.4 Å². The highest BCUT2D eigenvalue weighted by atomic mass is 15.2. The summed E-state index contributed by atoms with van der Waals surface area (Å²) in [5, 5.41) is 0. The largest absolute Gasteiger partial charge is 0.378 e. The summed E-state index contributed by atoms with van der Waals surface area (Å²) in [4.78, 5) is 4.49. The Morgan fingerprint density at radius 1 is 0.960 bits per heavy atom. The Labute approximate surface area is 152 Å². The molecule has 2 aromatic carbocycles. The average Bonchev–Trinajstić information content (AvgIpc) is 2.79. The van der Waals surface area contributed by atoms with Crippen molar-refractivity contribution in [1.82, 2.24) is 0 Å². The van der Waals surface area contributed by atoms with Gasteiger partial charge in [0.05, 0.1) is 6.04 Å². The minimum absolute atomic E-state index is 0.114. The van der Waals surface area contributed by atoms with Gasteiger partial charge in [-0.3, -0.25) is 0 Å². The van der Waals surface area contributed by atoms with E-state index in [0.717, 1.165) is 0 Å². The zero-order valence-corrected chi connectivity index (χ0v) is 15.9. The summed E-state index contributed by atoms with van der Waals surface area (Å²) < 4.78 is 0. The van der Waals surface area contributed by atoms with E-state index >= 15 is 0 Å². The number of para-hydroxylation sites is 1. The second-order valence-corrected chi connectivity index (χ2v) is 7.52. The second-order valence-electron chi connectivity index (χ2n) is 7.52. The number of allylic oxidation sites excluding steroid dienone is 2. The van der Waals surface area contributed by atoms with E-state index in [0.29, 0.717) is 6.04 Å². The topological polar surface area (TPSA) is 6.48 Å². The lowest BCUT2D eigenvalue weighted by molar-refractivity contribution is 0.488. The highest BCUT2D eigenvalue weighted by Gasteiger charge is 2.40. The van der Waals surface area contributed by atoms with Crippen molar-refractivity contribution < 1.29 is 0 Å². The molecule has 0 N–H and O–H groups in total. The van der Waals surface area contributed by atoms with Crippen LogP contribution in [0.3, 0.4) is 0 Å². The van der Waals surface area contributed by atoms with E-state index in [9.17, 15) is 0 Å². The van der Waals surface area contributed by atoms with E-state index in [-0.39, 0.29) is 5.41 Å². The first kappa shape index (κ1) is 17.3. The normalized spacial score (nSPS) is 18.9. The maximum Gasteiger partial charge on any atom is 0.0565 e. The lowest BCUT2D eigenvalue weighted by Crippen LogP contribution is -2.37. The summed E-state index contributed by atoms with van der Waals surface area (Å²) in [6, 6.07) is 17.7. The Bertz CT molecular complexity index is 782. The molecule has 1 atom stereocenters. The van der Waals surface area contributed by atoms with Crippen molar-refractivity contribution in [2.75, 3.05) is 30.9 Å². The number of fused-ring (bicyclic) bond motifs is 1. The molecule has 0 aliphatic carbocycles. The molecule has 25 heavy (non-hydrogen) atoms. The fourth-order valence-corrected chi connectivity index (χ4v) is 3.71. The third-order valence-electron chi connectivity index (χ3n) is 5.24. The summed E-state index contributed by atoms with van der Waals surface area (Å²) in [5.74, 6) is 0. The summed E-state index contributed by atoms with van der Waals surface area (Å²) in [5.41, 5.74) is 5.32. The van der Waals surface area contributed by atoms with E-state index in [1.54, 1.807) is 0 Å². The first-order valence-electron chi connectivity index (χ1n) is 8.86. The van der Waals surface area contributed by atoms with Gasteiger partial charge in [-0.1, -0.05) is 68.5 Å². The summed E-state index contributed by atoms with van der Waals surface area (Å²) in [6.45, 7) is 4.65. The molecule has 2 aromatic rings. The van der Waals surface area contributed by atoms with Gasteiger partial charge in [0.2, 0.25) is 0 Å². The highest BCUT2D eigenvalue weighted by molar-refractivity contribution is 5.65. The van der Waals surface area contributed by atoms with Crippen LogP contribution in [0, 0.1) is 0 Å². The third kappa shape index (κ3) is 3.34. The van der Waals surface area contributed by atoms with Crippen molar-refractivity contribution in [2.45, 2.75) is 25.3 Å². The molecule has 0 saturated carbocycles. The molecule has 1 unspecified atom stereocenters. The van der Waals surface area contributed by atoms with Crippen LogP contribution >= 0.6 is 0 Å². The van der Waals surface area contributed by atoms with Gasteiger partial charge < -0.3 is 9.80 Å². The molecule has 2 nitrogen and oxygen atoms in total. The predicted molar refractivity (Wildman–Crippen MR) is 111 cm³/mol. The second kappa shape index (κ2) is 6.79. The Balaban J connectivity index is 1.72. The number of benzene rings is 2. The Kier molecular flexibility index (Phi) is 4.71. The van der Waals surface area contributed by atoms with E-state index in [1.165, 1.54) is 22.5 Å². The first-order valence-corrected chi connectivity index (χ1v) is 8.86. The van der Waals surface area contributed by atoms with Gasteiger partial charge >= 0.3 is 0 Å². The summed E-state index contributed by atoms with van der Waals surface area (Å²) in [7, 11) is 6.31. The van der Waals surface area contributed by atoms with E-state index in [4.69, 9.17) is 0 Å². The molecule has 0 spiro atoms. The van der Waals surface area contributed by atoms with Crippen molar-refractivity contribution >= 4 is 17.5 Å². The van der Waals surface area contributed by atoms with Crippen LogP contribution in [0.2, 0.25) is 0 Å². The summed E-state index contributed by atoms with van der Waals surface area (Å²) >= 11 is 0. The number of hydrogen-bond acceptors (Lipinski definition) is 2.